The van der Waals surface area contributed by atoms with E-state index in [0.717, 1.165) is 19.1 Å². The molecule has 0 spiro atoms. The Morgan fingerprint density at radius 1 is 1.31 bits per heavy atom. The van der Waals surface area contributed by atoms with Crippen LogP contribution in [0.25, 0.3) is 0 Å². The maximum absolute atomic E-state index is 4.16. The van der Waals surface area contributed by atoms with Gasteiger partial charge in [-0.25, -0.2) is 0 Å². The van der Waals surface area contributed by atoms with Crippen molar-refractivity contribution in [1.29, 1.82) is 0 Å². The second-order valence-electron chi connectivity index (χ2n) is 5.49. The summed E-state index contributed by atoms with van der Waals surface area (Å²) in [5, 5.41) is 3.43. The summed E-state index contributed by atoms with van der Waals surface area (Å²) < 4.78 is 0. The zero-order valence-corrected chi connectivity index (χ0v) is 11.3. The Kier molecular flexibility index (Phi) is 6.07. The number of nitrogens with one attached hydrogen (secondary N) is 1. The van der Waals surface area contributed by atoms with Crippen molar-refractivity contribution < 1.29 is 0 Å². The summed E-state index contributed by atoms with van der Waals surface area (Å²) in [6.07, 6.45) is 7.00. The van der Waals surface area contributed by atoms with Crippen LogP contribution in [0, 0.1) is 0 Å². The van der Waals surface area contributed by atoms with E-state index in [4.69, 9.17) is 0 Å². The molecule has 0 saturated heterocycles. The monoisotopic (exact) mass is 224 g/mol. The van der Waals surface area contributed by atoms with Gasteiger partial charge in [0.1, 0.15) is 0 Å². The lowest BCUT2D eigenvalue weighted by Gasteiger charge is -2.31. The first-order valence-electron chi connectivity index (χ1n) is 6.70. The van der Waals surface area contributed by atoms with Crippen molar-refractivity contribution >= 4 is 0 Å². The van der Waals surface area contributed by atoms with Crippen LogP contribution in [0.1, 0.15) is 46.0 Å². The van der Waals surface area contributed by atoms with Crippen LogP contribution in [0.5, 0.6) is 0 Å². The fraction of sp³-hybridized carbons (Fsp3) is 0.857. The molecule has 1 aliphatic carbocycles. The summed E-state index contributed by atoms with van der Waals surface area (Å²) in [6.45, 7) is 10.5. The summed E-state index contributed by atoms with van der Waals surface area (Å²) in [5.41, 5.74) is 1.31. The topological polar surface area (TPSA) is 15.3 Å². The Balaban J connectivity index is 2.21. The molecule has 1 rings (SSSR count). The van der Waals surface area contributed by atoms with E-state index in [1.807, 2.05) is 0 Å². The van der Waals surface area contributed by atoms with Gasteiger partial charge in [0.15, 0.2) is 0 Å². The van der Waals surface area contributed by atoms with Gasteiger partial charge < -0.3 is 5.32 Å². The van der Waals surface area contributed by atoms with E-state index in [9.17, 15) is 0 Å². The molecule has 1 aliphatic rings. The van der Waals surface area contributed by atoms with E-state index in [0.29, 0.717) is 6.04 Å². The van der Waals surface area contributed by atoms with Crippen molar-refractivity contribution in [3.8, 4) is 0 Å². The third-order valence-electron chi connectivity index (χ3n) is 3.43. The lowest BCUT2D eigenvalue weighted by atomic mass is 9.94. The van der Waals surface area contributed by atoms with Crippen LogP contribution in [0.4, 0.5) is 0 Å². The Hall–Kier alpha value is -0.340. The maximum Gasteiger partial charge on any atom is 0.0202 e. The molecule has 1 saturated carbocycles. The second kappa shape index (κ2) is 7.08. The summed E-state index contributed by atoms with van der Waals surface area (Å²) in [5.74, 6) is 0. The number of nitrogens with zero attached hydrogens (tertiary/aromatic N) is 1. The standard InChI is InChI=1S/C14H28N2/c1-12(2)15-10-13(3)11-16(4)14-8-6-5-7-9-14/h12,14-15H,3,5-11H2,1-2,4H3. The van der Waals surface area contributed by atoms with Crippen molar-refractivity contribution in [2.75, 3.05) is 20.1 Å². The van der Waals surface area contributed by atoms with Crippen LogP contribution in [0.3, 0.4) is 0 Å². The maximum atomic E-state index is 4.16. The summed E-state index contributed by atoms with van der Waals surface area (Å²) >= 11 is 0. The number of hydrogen-bond donors (Lipinski definition) is 1. The molecule has 0 unspecified atom stereocenters. The first kappa shape index (κ1) is 13.7. The molecule has 0 heterocycles. The fourth-order valence-corrected chi connectivity index (χ4v) is 2.41. The van der Waals surface area contributed by atoms with E-state index < -0.39 is 0 Å². The molecule has 1 N–H and O–H groups in total. The van der Waals surface area contributed by atoms with Crippen molar-refractivity contribution in [1.82, 2.24) is 10.2 Å². The Morgan fingerprint density at radius 3 is 2.50 bits per heavy atom. The smallest absolute Gasteiger partial charge is 0.0202 e. The first-order chi connectivity index (χ1) is 7.59. The largest absolute Gasteiger partial charge is 0.311 e. The van der Waals surface area contributed by atoms with Crippen molar-refractivity contribution in [2.45, 2.75) is 58.0 Å². The Bertz CT molecular complexity index is 205. The zero-order chi connectivity index (χ0) is 12.0. The molecule has 0 radical (unpaired) electrons. The predicted molar refractivity (Wildman–Crippen MR) is 71.8 cm³/mol. The molecule has 94 valence electrons. The van der Waals surface area contributed by atoms with Gasteiger partial charge in [-0.15, -0.1) is 0 Å². The summed E-state index contributed by atoms with van der Waals surface area (Å²) in [4.78, 5) is 2.49. The highest BCUT2D eigenvalue weighted by Gasteiger charge is 2.17. The average Bonchev–Trinajstić information content (AvgIpc) is 2.27. The second-order valence-corrected chi connectivity index (χ2v) is 5.49. The normalized spacial score (nSPS) is 18.3. The lowest BCUT2D eigenvalue weighted by molar-refractivity contribution is 0.204. The molecule has 0 aliphatic heterocycles. The zero-order valence-electron chi connectivity index (χ0n) is 11.3. The van der Waals surface area contributed by atoms with E-state index in [2.05, 4.69) is 37.7 Å². The van der Waals surface area contributed by atoms with Crippen molar-refractivity contribution in [2.24, 2.45) is 0 Å². The minimum atomic E-state index is 0.553. The first-order valence-corrected chi connectivity index (χ1v) is 6.70. The molecule has 1 fully saturated rings. The third-order valence-corrected chi connectivity index (χ3v) is 3.43. The van der Waals surface area contributed by atoms with Crippen LogP contribution in [-0.2, 0) is 0 Å². The van der Waals surface area contributed by atoms with E-state index in [1.165, 1.54) is 37.7 Å². The SMILES string of the molecule is C=C(CNC(C)C)CN(C)C1CCCCC1. The van der Waals surface area contributed by atoms with Gasteiger partial charge in [-0.2, -0.15) is 0 Å². The van der Waals surface area contributed by atoms with Crippen LogP contribution >= 0.6 is 0 Å². The summed E-state index contributed by atoms with van der Waals surface area (Å²) in [6, 6.07) is 1.35. The van der Waals surface area contributed by atoms with Gasteiger partial charge in [-0.1, -0.05) is 39.7 Å². The minimum absolute atomic E-state index is 0.553. The number of hydrogen-bond acceptors (Lipinski definition) is 2. The molecule has 0 atom stereocenters. The van der Waals surface area contributed by atoms with Crippen LogP contribution in [-0.4, -0.2) is 37.1 Å². The van der Waals surface area contributed by atoms with Gasteiger partial charge in [0.25, 0.3) is 0 Å². The van der Waals surface area contributed by atoms with Crippen LogP contribution in [0.15, 0.2) is 12.2 Å². The molecule has 16 heavy (non-hydrogen) atoms. The molecule has 0 bridgehead atoms. The van der Waals surface area contributed by atoms with Gasteiger partial charge in [-0.3, -0.25) is 4.90 Å². The van der Waals surface area contributed by atoms with Crippen LogP contribution < -0.4 is 5.32 Å². The minimum Gasteiger partial charge on any atom is -0.311 e. The molecule has 0 aromatic rings. The lowest BCUT2D eigenvalue weighted by Crippen LogP contribution is -2.36. The van der Waals surface area contributed by atoms with Crippen molar-refractivity contribution in [3.63, 3.8) is 0 Å². The highest BCUT2D eigenvalue weighted by Crippen LogP contribution is 2.21. The fourth-order valence-electron chi connectivity index (χ4n) is 2.41. The quantitative estimate of drug-likeness (QED) is 0.698. The van der Waals surface area contributed by atoms with E-state index in [1.54, 1.807) is 0 Å². The number of rotatable bonds is 6. The molecular formula is C14H28N2. The predicted octanol–water partition coefficient (Wildman–Crippen LogP) is 2.81. The molecule has 2 heteroatoms. The van der Waals surface area contributed by atoms with Gasteiger partial charge in [0, 0.05) is 25.2 Å². The molecule has 0 aromatic heterocycles. The number of likely N-dealkylation sites (N-methyl/N-ethyl adjacent to an activating group) is 1. The third kappa shape index (κ3) is 5.13. The van der Waals surface area contributed by atoms with Gasteiger partial charge in [0.2, 0.25) is 0 Å². The molecule has 0 amide bonds. The average molecular weight is 224 g/mol. The molecular weight excluding hydrogens is 196 g/mol. The van der Waals surface area contributed by atoms with Gasteiger partial charge in [-0.05, 0) is 25.5 Å². The molecule has 0 aromatic carbocycles. The molecule has 2 nitrogen and oxygen atoms in total. The highest BCUT2D eigenvalue weighted by molar-refractivity contribution is 5.00. The van der Waals surface area contributed by atoms with Crippen molar-refractivity contribution in [3.05, 3.63) is 12.2 Å². The van der Waals surface area contributed by atoms with E-state index in [-0.39, 0.29) is 0 Å². The van der Waals surface area contributed by atoms with Gasteiger partial charge in [0.05, 0.1) is 0 Å². The van der Waals surface area contributed by atoms with Crippen LogP contribution in [0.2, 0.25) is 0 Å². The van der Waals surface area contributed by atoms with Gasteiger partial charge >= 0.3 is 0 Å². The Morgan fingerprint density at radius 2 is 1.94 bits per heavy atom. The van der Waals surface area contributed by atoms with E-state index >= 15 is 0 Å². The highest BCUT2D eigenvalue weighted by atomic mass is 15.1. The summed E-state index contributed by atoms with van der Waals surface area (Å²) in [7, 11) is 2.25. The Labute approximate surface area is 101 Å².